The summed E-state index contributed by atoms with van der Waals surface area (Å²) in [5, 5.41) is 13.9. The number of nitrogens with one attached hydrogen (secondary N) is 1. The van der Waals surface area contributed by atoms with Crippen LogP contribution in [0.2, 0.25) is 0 Å². The maximum absolute atomic E-state index is 12.8. The zero-order valence-corrected chi connectivity index (χ0v) is 19.2. The molecule has 1 aliphatic rings. The Morgan fingerprint density at radius 3 is 2.21 bits per heavy atom. The van der Waals surface area contributed by atoms with Crippen molar-refractivity contribution >= 4 is 28.9 Å². The normalized spacial score (nSPS) is 13.5. The molecule has 174 valence electrons. The largest absolute Gasteiger partial charge is 0.368 e. The first-order valence-electron chi connectivity index (χ1n) is 11.1. The molecule has 0 saturated carbocycles. The minimum Gasteiger partial charge on any atom is -0.368 e. The number of hydrogen-bond donors (Lipinski definition) is 1. The number of nitro benzene ring substituents is 1. The molecule has 3 aromatic carbocycles. The minimum atomic E-state index is -0.491. The average Bonchev–Trinajstić information content (AvgIpc) is 2.84. The molecule has 0 radical (unpaired) electrons. The third-order valence-corrected chi connectivity index (χ3v) is 6.10. The Labute approximate surface area is 198 Å². The van der Waals surface area contributed by atoms with Crippen molar-refractivity contribution in [3.8, 4) is 0 Å². The van der Waals surface area contributed by atoms with Crippen LogP contribution >= 0.6 is 0 Å². The Morgan fingerprint density at radius 1 is 0.882 bits per heavy atom. The van der Waals surface area contributed by atoms with Gasteiger partial charge in [-0.2, -0.15) is 0 Å². The number of nitro groups is 1. The summed E-state index contributed by atoms with van der Waals surface area (Å²) in [5.74, 6) is -0.341. The Hall–Kier alpha value is -4.20. The zero-order chi connectivity index (χ0) is 24.2. The molecule has 0 aliphatic carbocycles. The van der Waals surface area contributed by atoms with Crippen molar-refractivity contribution in [2.45, 2.75) is 13.8 Å². The fraction of sp³-hybridized carbons (Fsp3) is 0.231. The van der Waals surface area contributed by atoms with Crippen molar-refractivity contribution in [2.24, 2.45) is 0 Å². The van der Waals surface area contributed by atoms with Crippen molar-refractivity contribution in [2.75, 3.05) is 36.4 Å². The lowest BCUT2D eigenvalue weighted by molar-refractivity contribution is -0.385. The number of rotatable bonds is 5. The Kier molecular flexibility index (Phi) is 6.58. The highest BCUT2D eigenvalue weighted by Gasteiger charge is 2.23. The van der Waals surface area contributed by atoms with Crippen LogP contribution in [0.4, 0.5) is 17.1 Å². The van der Waals surface area contributed by atoms with Gasteiger partial charge in [0.2, 0.25) is 0 Å². The summed E-state index contributed by atoms with van der Waals surface area (Å²) in [4.78, 5) is 40.1. The first-order valence-corrected chi connectivity index (χ1v) is 11.1. The first kappa shape index (κ1) is 23.0. The van der Waals surface area contributed by atoms with Crippen molar-refractivity contribution in [3.63, 3.8) is 0 Å². The molecule has 0 bridgehead atoms. The molecular formula is C26H26N4O4. The van der Waals surface area contributed by atoms with E-state index in [-0.39, 0.29) is 17.2 Å². The molecule has 34 heavy (non-hydrogen) atoms. The van der Waals surface area contributed by atoms with Gasteiger partial charge in [-0.15, -0.1) is 0 Å². The number of carbonyl (C=O) groups is 2. The molecule has 8 heteroatoms. The third-order valence-electron chi connectivity index (χ3n) is 6.10. The van der Waals surface area contributed by atoms with Crippen molar-refractivity contribution in [1.29, 1.82) is 0 Å². The quantitative estimate of drug-likeness (QED) is 0.451. The van der Waals surface area contributed by atoms with E-state index in [1.54, 1.807) is 31.2 Å². The number of hydrogen-bond acceptors (Lipinski definition) is 5. The summed E-state index contributed by atoms with van der Waals surface area (Å²) in [6.45, 7) is 6.29. The molecule has 1 fully saturated rings. The van der Waals surface area contributed by atoms with Crippen LogP contribution in [0.5, 0.6) is 0 Å². The van der Waals surface area contributed by atoms with E-state index in [0.29, 0.717) is 24.3 Å². The molecule has 0 aromatic heterocycles. The number of amides is 2. The lowest BCUT2D eigenvalue weighted by atomic mass is 10.1. The van der Waals surface area contributed by atoms with Crippen molar-refractivity contribution in [3.05, 3.63) is 99.1 Å². The van der Waals surface area contributed by atoms with E-state index in [2.05, 4.69) is 10.2 Å². The summed E-state index contributed by atoms with van der Waals surface area (Å²) < 4.78 is 0. The topological polar surface area (TPSA) is 95.8 Å². The van der Waals surface area contributed by atoms with Crippen LogP contribution in [0, 0.1) is 24.0 Å². The Balaban J connectivity index is 1.36. The molecule has 0 spiro atoms. The van der Waals surface area contributed by atoms with Crippen LogP contribution in [0.25, 0.3) is 0 Å². The maximum atomic E-state index is 12.8. The Morgan fingerprint density at radius 2 is 1.56 bits per heavy atom. The predicted octanol–water partition coefficient (Wildman–Crippen LogP) is 4.43. The Bertz CT molecular complexity index is 1230. The molecular weight excluding hydrogens is 432 g/mol. The van der Waals surface area contributed by atoms with Crippen molar-refractivity contribution < 1.29 is 14.5 Å². The summed E-state index contributed by atoms with van der Waals surface area (Å²) in [7, 11) is 0. The van der Waals surface area contributed by atoms with Crippen LogP contribution in [0.3, 0.4) is 0 Å². The summed E-state index contributed by atoms with van der Waals surface area (Å²) in [6.07, 6.45) is 0. The van der Waals surface area contributed by atoms with Gasteiger partial charge in [-0.05, 0) is 55.8 Å². The van der Waals surface area contributed by atoms with Gasteiger partial charge in [0, 0.05) is 60.3 Å². The first-order chi connectivity index (χ1) is 16.3. The number of benzene rings is 3. The number of aryl methyl sites for hydroxylation is 2. The van der Waals surface area contributed by atoms with Crippen LogP contribution in [-0.4, -0.2) is 47.8 Å². The van der Waals surface area contributed by atoms with Gasteiger partial charge in [-0.3, -0.25) is 19.7 Å². The van der Waals surface area contributed by atoms with Gasteiger partial charge in [-0.1, -0.05) is 24.3 Å². The standard InChI is InChI=1S/C26H26N4O4/c1-18-5-3-4-6-23(18)26(32)29-15-13-28(14-16-29)22-11-9-21(10-12-22)27-25(31)20-8-7-19(2)24(17-20)30(33)34/h3-12,17H,13-16H2,1-2H3,(H,27,31). The van der Waals surface area contributed by atoms with Crippen LogP contribution < -0.4 is 10.2 Å². The fourth-order valence-electron chi connectivity index (χ4n) is 4.06. The minimum absolute atomic E-state index is 0.0622. The third kappa shape index (κ3) is 4.91. The van der Waals surface area contributed by atoms with Gasteiger partial charge in [0.1, 0.15) is 0 Å². The van der Waals surface area contributed by atoms with Crippen LogP contribution in [-0.2, 0) is 0 Å². The average molecular weight is 459 g/mol. The van der Waals surface area contributed by atoms with Gasteiger partial charge < -0.3 is 15.1 Å². The van der Waals surface area contributed by atoms with E-state index in [9.17, 15) is 19.7 Å². The SMILES string of the molecule is Cc1ccccc1C(=O)N1CCN(c2ccc(NC(=O)c3ccc(C)c([N+](=O)[O-])c3)cc2)CC1. The molecule has 2 amide bonds. The molecule has 1 N–H and O–H groups in total. The number of carbonyl (C=O) groups excluding carboxylic acids is 2. The molecule has 0 atom stereocenters. The molecule has 8 nitrogen and oxygen atoms in total. The highest BCUT2D eigenvalue weighted by molar-refractivity contribution is 6.04. The summed E-state index contributed by atoms with van der Waals surface area (Å²) >= 11 is 0. The van der Waals surface area contributed by atoms with Crippen molar-refractivity contribution in [1.82, 2.24) is 4.90 Å². The van der Waals surface area contributed by atoms with E-state index < -0.39 is 10.8 Å². The zero-order valence-electron chi connectivity index (χ0n) is 19.2. The second kappa shape index (κ2) is 9.74. The van der Waals surface area contributed by atoms with Gasteiger partial charge in [0.25, 0.3) is 17.5 Å². The van der Waals surface area contributed by atoms with E-state index in [1.165, 1.54) is 6.07 Å². The second-order valence-electron chi connectivity index (χ2n) is 8.35. The molecule has 1 saturated heterocycles. The lowest BCUT2D eigenvalue weighted by Crippen LogP contribution is -2.48. The van der Waals surface area contributed by atoms with Gasteiger partial charge in [-0.25, -0.2) is 0 Å². The fourth-order valence-corrected chi connectivity index (χ4v) is 4.06. The van der Waals surface area contributed by atoms with Crippen LogP contribution in [0.15, 0.2) is 66.7 Å². The van der Waals surface area contributed by atoms with Gasteiger partial charge >= 0.3 is 0 Å². The smallest absolute Gasteiger partial charge is 0.273 e. The second-order valence-corrected chi connectivity index (χ2v) is 8.35. The number of nitrogens with zero attached hydrogens (tertiary/aromatic N) is 3. The van der Waals surface area contributed by atoms with E-state index in [0.717, 1.165) is 29.9 Å². The lowest BCUT2D eigenvalue weighted by Gasteiger charge is -2.36. The molecule has 3 aromatic rings. The van der Waals surface area contributed by atoms with E-state index in [1.807, 2.05) is 48.2 Å². The highest BCUT2D eigenvalue weighted by Crippen LogP contribution is 2.23. The predicted molar refractivity (Wildman–Crippen MR) is 132 cm³/mol. The number of anilines is 2. The molecule has 4 rings (SSSR count). The molecule has 0 unspecified atom stereocenters. The summed E-state index contributed by atoms with van der Waals surface area (Å²) in [5.41, 5.74) is 3.99. The highest BCUT2D eigenvalue weighted by atomic mass is 16.6. The van der Waals surface area contributed by atoms with Gasteiger partial charge in [0.05, 0.1) is 4.92 Å². The van der Waals surface area contributed by atoms with E-state index >= 15 is 0 Å². The van der Waals surface area contributed by atoms with Crippen LogP contribution in [0.1, 0.15) is 31.8 Å². The van der Waals surface area contributed by atoms with Gasteiger partial charge in [0.15, 0.2) is 0 Å². The molecule has 1 aliphatic heterocycles. The molecule has 1 heterocycles. The summed E-state index contributed by atoms with van der Waals surface area (Å²) in [6, 6.07) is 19.5. The number of piperazine rings is 1. The monoisotopic (exact) mass is 458 g/mol. The maximum Gasteiger partial charge on any atom is 0.273 e. The van der Waals surface area contributed by atoms with E-state index in [4.69, 9.17) is 0 Å².